The SMILES string of the molecule is C=CC(=O)N1CCN(c2nc(OC[C@@H]3CCCN3C)nc3c2CCN(c2cccc4ccc(F)cc24)C3)C[C@@H]1CC#N. The summed E-state index contributed by atoms with van der Waals surface area (Å²) in [4.78, 5) is 30.8. The number of benzene rings is 2. The topological polar surface area (TPSA) is 88.8 Å². The van der Waals surface area contributed by atoms with E-state index in [-0.39, 0.29) is 24.2 Å². The van der Waals surface area contributed by atoms with Crippen molar-refractivity contribution in [2.75, 3.05) is 56.2 Å². The average molecular weight is 570 g/mol. The van der Waals surface area contributed by atoms with Gasteiger partial charge in [-0.05, 0) is 62.5 Å². The van der Waals surface area contributed by atoms with Crippen LogP contribution in [0.2, 0.25) is 0 Å². The lowest BCUT2D eigenvalue weighted by Crippen LogP contribution is -2.55. The molecule has 0 aliphatic carbocycles. The van der Waals surface area contributed by atoms with Gasteiger partial charge in [-0.1, -0.05) is 24.8 Å². The van der Waals surface area contributed by atoms with E-state index >= 15 is 0 Å². The van der Waals surface area contributed by atoms with Crippen LogP contribution in [-0.2, 0) is 17.8 Å². The van der Waals surface area contributed by atoms with Crippen LogP contribution in [0, 0.1) is 17.1 Å². The molecule has 0 bridgehead atoms. The van der Waals surface area contributed by atoms with Crippen LogP contribution in [0.25, 0.3) is 10.8 Å². The Bertz CT molecular complexity index is 1540. The lowest BCUT2D eigenvalue weighted by atomic mass is 10.0. The second-order valence-corrected chi connectivity index (χ2v) is 11.4. The number of fused-ring (bicyclic) bond motifs is 2. The summed E-state index contributed by atoms with van der Waals surface area (Å²) in [5, 5.41) is 11.4. The molecule has 4 heterocycles. The van der Waals surface area contributed by atoms with Crippen molar-refractivity contribution in [2.45, 2.75) is 44.3 Å². The number of carbonyl (C=O) groups is 1. The molecule has 2 aromatic carbocycles. The van der Waals surface area contributed by atoms with Crippen molar-refractivity contribution in [3.63, 3.8) is 0 Å². The summed E-state index contributed by atoms with van der Waals surface area (Å²) in [7, 11) is 2.12. The molecular formula is C32H36FN7O2. The van der Waals surface area contributed by atoms with E-state index in [9.17, 15) is 14.4 Å². The van der Waals surface area contributed by atoms with Crippen LogP contribution in [0.15, 0.2) is 49.1 Å². The number of aromatic nitrogens is 2. The zero-order valence-corrected chi connectivity index (χ0v) is 24.0. The highest BCUT2D eigenvalue weighted by molar-refractivity contribution is 5.94. The van der Waals surface area contributed by atoms with Gasteiger partial charge in [-0.3, -0.25) is 4.79 Å². The number of halogens is 1. The summed E-state index contributed by atoms with van der Waals surface area (Å²) in [5.41, 5.74) is 2.91. The quantitative estimate of drug-likeness (QED) is 0.396. The fourth-order valence-electron chi connectivity index (χ4n) is 6.52. The molecule has 0 radical (unpaired) electrons. The molecule has 6 rings (SSSR count). The highest BCUT2D eigenvalue weighted by Gasteiger charge is 2.33. The molecule has 3 aromatic rings. The minimum atomic E-state index is -0.262. The Kier molecular flexibility index (Phi) is 7.94. The highest BCUT2D eigenvalue weighted by Crippen LogP contribution is 2.35. The number of carbonyl (C=O) groups excluding carboxylic acids is 1. The number of nitriles is 1. The Balaban J connectivity index is 1.33. The van der Waals surface area contributed by atoms with E-state index in [1.54, 1.807) is 11.0 Å². The maximum atomic E-state index is 14.2. The van der Waals surface area contributed by atoms with Gasteiger partial charge in [-0.2, -0.15) is 15.2 Å². The summed E-state index contributed by atoms with van der Waals surface area (Å²) >= 11 is 0. The first-order valence-electron chi connectivity index (χ1n) is 14.7. The van der Waals surface area contributed by atoms with Gasteiger partial charge < -0.3 is 24.3 Å². The maximum absolute atomic E-state index is 14.2. The Labute approximate surface area is 245 Å². The van der Waals surface area contributed by atoms with Gasteiger partial charge in [0.15, 0.2) is 0 Å². The van der Waals surface area contributed by atoms with Gasteiger partial charge in [0, 0.05) is 48.9 Å². The molecule has 218 valence electrons. The van der Waals surface area contributed by atoms with Crippen molar-refractivity contribution in [3.05, 3.63) is 66.1 Å². The maximum Gasteiger partial charge on any atom is 0.318 e. The fourth-order valence-corrected chi connectivity index (χ4v) is 6.52. The largest absolute Gasteiger partial charge is 0.462 e. The summed E-state index contributed by atoms with van der Waals surface area (Å²) in [6.45, 7) is 8.03. The van der Waals surface area contributed by atoms with Crippen molar-refractivity contribution in [1.29, 1.82) is 5.26 Å². The van der Waals surface area contributed by atoms with Gasteiger partial charge in [0.25, 0.3) is 0 Å². The van der Waals surface area contributed by atoms with Crippen molar-refractivity contribution in [1.82, 2.24) is 19.8 Å². The number of hydrogen-bond acceptors (Lipinski definition) is 8. The van der Waals surface area contributed by atoms with Crippen LogP contribution < -0.4 is 14.5 Å². The summed E-state index contributed by atoms with van der Waals surface area (Å²) in [6, 6.07) is 13.6. The first-order valence-corrected chi connectivity index (χ1v) is 14.7. The third-order valence-corrected chi connectivity index (χ3v) is 8.83. The van der Waals surface area contributed by atoms with Crippen LogP contribution in [0.3, 0.4) is 0 Å². The van der Waals surface area contributed by atoms with Gasteiger partial charge in [0.05, 0.1) is 30.8 Å². The van der Waals surface area contributed by atoms with Crippen molar-refractivity contribution in [2.24, 2.45) is 0 Å². The first-order chi connectivity index (χ1) is 20.4. The molecule has 2 atom stereocenters. The molecule has 1 aromatic heterocycles. The molecule has 9 nitrogen and oxygen atoms in total. The summed E-state index contributed by atoms with van der Waals surface area (Å²) in [5.74, 6) is 0.393. The van der Waals surface area contributed by atoms with Crippen LogP contribution in [0.5, 0.6) is 6.01 Å². The molecular weight excluding hydrogens is 533 g/mol. The van der Waals surface area contributed by atoms with Gasteiger partial charge in [0.2, 0.25) is 5.91 Å². The molecule has 0 N–H and O–H groups in total. The van der Waals surface area contributed by atoms with Crippen LogP contribution in [0.1, 0.15) is 30.5 Å². The Morgan fingerprint density at radius 3 is 2.83 bits per heavy atom. The molecule has 42 heavy (non-hydrogen) atoms. The van der Waals surface area contributed by atoms with Crippen LogP contribution in [0.4, 0.5) is 15.9 Å². The number of rotatable bonds is 7. The molecule has 2 fully saturated rings. The fraction of sp³-hybridized carbons (Fsp3) is 0.438. The zero-order chi connectivity index (χ0) is 29.2. The number of piperazine rings is 1. The van der Waals surface area contributed by atoms with Gasteiger partial charge in [0.1, 0.15) is 18.2 Å². The molecule has 2 saturated heterocycles. The average Bonchev–Trinajstić information content (AvgIpc) is 3.43. The van der Waals surface area contributed by atoms with Crippen molar-refractivity contribution >= 4 is 28.2 Å². The third-order valence-electron chi connectivity index (χ3n) is 8.83. The van der Waals surface area contributed by atoms with Crippen LogP contribution in [-0.4, -0.2) is 84.1 Å². The summed E-state index contributed by atoms with van der Waals surface area (Å²) in [6.07, 6.45) is 4.47. The van der Waals surface area contributed by atoms with Crippen molar-refractivity contribution in [3.8, 4) is 12.1 Å². The minimum Gasteiger partial charge on any atom is -0.462 e. The van der Waals surface area contributed by atoms with E-state index in [2.05, 4.69) is 34.4 Å². The predicted molar refractivity (Wildman–Crippen MR) is 160 cm³/mol. The molecule has 3 aliphatic rings. The predicted octanol–water partition coefficient (Wildman–Crippen LogP) is 3.92. The number of likely N-dealkylation sites (tertiary alicyclic amines) is 1. The minimum absolute atomic E-state index is 0.161. The normalized spacial score (nSPS) is 20.8. The zero-order valence-electron chi connectivity index (χ0n) is 24.0. The molecule has 3 aliphatic heterocycles. The second kappa shape index (κ2) is 11.9. The smallest absolute Gasteiger partial charge is 0.318 e. The standard InChI is InChI=1S/C32H36FN7O2/c1-3-30(41)40-17-16-39(19-24(40)11-13-34)31-26-12-15-38(29-8-4-6-22-9-10-23(33)18-27(22)29)20-28(26)35-32(36-31)42-21-25-7-5-14-37(25)2/h3-4,6,8-10,18,24-25H,1,5,7,11-12,14-17,19-21H2,2H3/t24-,25-/m0/s1. The Morgan fingerprint density at radius 2 is 2.05 bits per heavy atom. The van der Waals surface area contributed by atoms with E-state index in [4.69, 9.17) is 14.7 Å². The monoisotopic (exact) mass is 569 g/mol. The highest BCUT2D eigenvalue weighted by atomic mass is 19.1. The Hall–Kier alpha value is -4.23. The number of ether oxygens (including phenoxy) is 1. The van der Waals surface area contributed by atoms with Gasteiger partial charge in [-0.25, -0.2) is 4.39 Å². The molecule has 0 spiro atoms. The lowest BCUT2D eigenvalue weighted by Gasteiger charge is -2.42. The molecule has 0 unspecified atom stereocenters. The van der Waals surface area contributed by atoms with Gasteiger partial charge >= 0.3 is 6.01 Å². The summed E-state index contributed by atoms with van der Waals surface area (Å²) < 4.78 is 20.5. The molecule has 0 saturated carbocycles. The van der Waals surface area contributed by atoms with Crippen molar-refractivity contribution < 1.29 is 13.9 Å². The number of amides is 1. The van der Waals surface area contributed by atoms with E-state index in [1.807, 2.05) is 24.3 Å². The molecule has 1 amide bonds. The van der Waals surface area contributed by atoms with E-state index < -0.39 is 0 Å². The first kappa shape index (κ1) is 27.9. The Morgan fingerprint density at radius 1 is 1.17 bits per heavy atom. The number of hydrogen-bond donors (Lipinski definition) is 0. The number of anilines is 2. The number of likely N-dealkylation sites (N-methyl/N-ethyl adjacent to an activating group) is 1. The molecule has 10 heteroatoms. The van der Waals surface area contributed by atoms with Crippen LogP contribution >= 0.6 is 0 Å². The van der Waals surface area contributed by atoms with E-state index in [0.29, 0.717) is 51.3 Å². The van der Waals surface area contributed by atoms with E-state index in [0.717, 1.165) is 59.5 Å². The van der Waals surface area contributed by atoms with E-state index in [1.165, 1.54) is 12.1 Å². The second-order valence-electron chi connectivity index (χ2n) is 11.4. The number of nitrogens with zero attached hydrogens (tertiary/aromatic N) is 7. The lowest BCUT2D eigenvalue weighted by molar-refractivity contribution is -0.128. The van der Waals surface area contributed by atoms with Gasteiger partial charge in [-0.15, -0.1) is 0 Å². The third kappa shape index (κ3) is 5.49.